The molecule has 0 fully saturated rings. The molecule has 0 radical (unpaired) electrons. The summed E-state index contributed by atoms with van der Waals surface area (Å²) in [6.45, 7) is 6.36. The highest BCUT2D eigenvalue weighted by molar-refractivity contribution is 6.01. The molecule has 3 atom stereocenters. The van der Waals surface area contributed by atoms with Gasteiger partial charge < -0.3 is 24.8 Å². The quantitative estimate of drug-likeness (QED) is 0.633. The molecule has 0 aromatic heterocycles. The van der Waals surface area contributed by atoms with Gasteiger partial charge in [-0.25, -0.2) is 9.59 Å². The van der Waals surface area contributed by atoms with Crippen molar-refractivity contribution in [2.45, 2.75) is 56.2 Å². The summed E-state index contributed by atoms with van der Waals surface area (Å²) in [6, 6.07) is 16.0. The maximum Gasteiger partial charge on any atom is 0.415 e. The van der Waals surface area contributed by atoms with E-state index in [4.69, 9.17) is 19.2 Å². The number of carbonyl (C=O) groups is 2. The van der Waals surface area contributed by atoms with Crippen molar-refractivity contribution in [3.05, 3.63) is 59.7 Å². The summed E-state index contributed by atoms with van der Waals surface area (Å²) in [7, 11) is 3.04. The van der Waals surface area contributed by atoms with Crippen molar-refractivity contribution in [2.24, 2.45) is 4.99 Å². The van der Waals surface area contributed by atoms with Gasteiger partial charge in [0.2, 0.25) is 0 Å². The van der Waals surface area contributed by atoms with Gasteiger partial charge in [-0.15, -0.1) is 0 Å². The Hall–Kier alpha value is -3.75. The summed E-state index contributed by atoms with van der Waals surface area (Å²) in [6.07, 6.45) is -0.222. The zero-order valence-electron chi connectivity index (χ0n) is 22.0. The number of nitrogens with zero attached hydrogens (tertiary/aromatic N) is 2. The van der Waals surface area contributed by atoms with Gasteiger partial charge in [0.1, 0.15) is 11.8 Å². The van der Waals surface area contributed by atoms with Crippen molar-refractivity contribution < 1.29 is 23.8 Å². The molecule has 0 aliphatic carbocycles. The summed E-state index contributed by atoms with van der Waals surface area (Å²) < 4.78 is 16.8. The molecule has 9 heteroatoms. The minimum Gasteiger partial charge on any atom is -0.484 e. The summed E-state index contributed by atoms with van der Waals surface area (Å²) in [5, 5.41) is 6.57. The fraction of sp³-hybridized carbons (Fsp3) is 0.464. The van der Waals surface area contributed by atoms with E-state index in [2.05, 4.69) is 16.7 Å². The SMILES string of the molecule is COC(=O)N1c2ccccc2[C@]2(CCNC(=O)OC(C)(C)C)C(OC)=NCC[C@@]23c2ccccc2N[C@@H]13. The molecule has 196 valence electrons. The molecule has 3 aliphatic rings. The van der Waals surface area contributed by atoms with Gasteiger partial charge in [0, 0.05) is 18.8 Å². The second-order valence-electron chi connectivity index (χ2n) is 10.6. The lowest BCUT2D eigenvalue weighted by Crippen LogP contribution is -2.70. The van der Waals surface area contributed by atoms with E-state index in [0.29, 0.717) is 31.8 Å². The number of benzene rings is 2. The van der Waals surface area contributed by atoms with Gasteiger partial charge in [0.25, 0.3) is 0 Å². The Morgan fingerprint density at radius 2 is 1.81 bits per heavy atom. The first-order valence-electron chi connectivity index (χ1n) is 12.6. The van der Waals surface area contributed by atoms with Crippen molar-refractivity contribution in [1.29, 1.82) is 0 Å². The molecule has 0 saturated carbocycles. The number of fused-ring (bicyclic) bond motifs is 3. The second-order valence-corrected chi connectivity index (χ2v) is 10.6. The van der Waals surface area contributed by atoms with Crippen LogP contribution < -0.4 is 15.5 Å². The molecule has 9 nitrogen and oxygen atoms in total. The summed E-state index contributed by atoms with van der Waals surface area (Å²) in [5.74, 6) is 0.588. The third kappa shape index (κ3) is 3.62. The van der Waals surface area contributed by atoms with E-state index < -0.39 is 34.8 Å². The number of para-hydroxylation sites is 2. The summed E-state index contributed by atoms with van der Waals surface area (Å²) in [5.41, 5.74) is 1.66. The Labute approximate surface area is 217 Å². The van der Waals surface area contributed by atoms with Crippen LogP contribution in [0.4, 0.5) is 21.0 Å². The smallest absolute Gasteiger partial charge is 0.415 e. The largest absolute Gasteiger partial charge is 0.484 e. The van der Waals surface area contributed by atoms with Gasteiger partial charge in [-0.2, -0.15) is 0 Å². The van der Waals surface area contributed by atoms with Crippen LogP contribution in [0.5, 0.6) is 0 Å². The highest BCUT2D eigenvalue weighted by atomic mass is 16.6. The standard InChI is InChI=1S/C28H34N4O5/c1-26(2,3)37-24(33)30-17-15-28-19-11-7-9-13-21(19)32(25(34)36-5)22-27(28,14-16-29-23(28)35-4)18-10-6-8-12-20(18)31-22/h6-13,22,31H,14-17H2,1-5H3,(H,30,33)/t22-,27-,28+/m0/s1. The molecule has 1 spiro atoms. The molecule has 5 rings (SSSR count). The minimum atomic E-state index is -0.777. The summed E-state index contributed by atoms with van der Waals surface area (Å²) in [4.78, 5) is 32.5. The van der Waals surface area contributed by atoms with Gasteiger partial charge in [0.15, 0.2) is 5.90 Å². The summed E-state index contributed by atoms with van der Waals surface area (Å²) >= 11 is 0. The number of hydrogen-bond acceptors (Lipinski definition) is 7. The molecule has 2 aromatic rings. The molecular weight excluding hydrogens is 472 g/mol. The number of alkyl carbamates (subject to hydrolysis) is 1. The number of amides is 2. The predicted octanol–water partition coefficient (Wildman–Crippen LogP) is 4.56. The molecule has 2 aromatic carbocycles. The van der Waals surface area contributed by atoms with Gasteiger partial charge >= 0.3 is 12.2 Å². The lowest BCUT2D eigenvalue weighted by molar-refractivity contribution is 0.0519. The first-order valence-corrected chi connectivity index (χ1v) is 12.6. The van der Waals surface area contributed by atoms with E-state index in [-0.39, 0.29) is 0 Å². The third-order valence-corrected chi connectivity index (χ3v) is 7.67. The minimum absolute atomic E-state index is 0.320. The molecule has 37 heavy (non-hydrogen) atoms. The van der Waals surface area contributed by atoms with Gasteiger partial charge in [0.05, 0.1) is 30.7 Å². The zero-order chi connectivity index (χ0) is 26.4. The molecule has 2 N–H and O–H groups in total. The Kier molecular flexibility index (Phi) is 6.04. The second kappa shape index (κ2) is 8.97. The third-order valence-electron chi connectivity index (χ3n) is 7.67. The van der Waals surface area contributed by atoms with Crippen LogP contribution in [0, 0.1) is 0 Å². The Bertz CT molecular complexity index is 1260. The number of anilines is 2. The number of rotatable bonds is 3. The number of aliphatic imine (C=N–C) groups is 1. The molecule has 0 bridgehead atoms. The zero-order valence-corrected chi connectivity index (χ0v) is 22.0. The van der Waals surface area contributed by atoms with E-state index in [1.54, 1.807) is 12.0 Å². The van der Waals surface area contributed by atoms with Gasteiger partial charge in [-0.1, -0.05) is 36.4 Å². The number of ether oxygens (including phenoxy) is 3. The van der Waals surface area contributed by atoms with Crippen LogP contribution >= 0.6 is 0 Å². The predicted molar refractivity (Wildman–Crippen MR) is 141 cm³/mol. The lowest BCUT2D eigenvalue weighted by Gasteiger charge is -2.59. The maximum absolute atomic E-state index is 13.3. The van der Waals surface area contributed by atoms with E-state index in [9.17, 15) is 9.59 Å². The normalized spacial score (nSPS) is 25.4. The van der Waals surface area contributed by atoms with Crippen LogP contribution in [0.2, 0.25) is 0 Å². The van der Waals surface area contributed by atoms with Crippen molar-refractivity contribution in [3.63, 3.8) is 0 Å². The van der Waals surface area contributed by atoms with Crippen molar-refractivity contribution in [1.82, 2.24) is 5.32 Å². The monoisotopic (exact) mass is 506 g/mol. The highest BCUT2D eigenvalue weighted by Crippen LogP contribution is 2.64. The van der Waals surface area contributed by atoms with Crippen molar-refractivity contribution in [3.8, 4) is 0 Å². The molecular formula is C28H34N4O5. The number of hydrogen-bond donors (Lipinski definition) is 2. The number of carbonyl (C=O) groups excluding carboxylic acids is 2. The maximum atomic E-state index is 13.3. The van der Waals surface area contributed by atoms with Crippen LogP contribution in [0.15, 0.2) is 53.5 Å². The van der Waals surface area contributed by atoms with Crippen LogP contribution in [-0.4, -0.2) is 57.2 Å². The Balaban J connectivity index is 1.72. The van der Waals surface area contributed by atoms with Crippen molar-refractivity contribution >= 4 is 29.5 Å². The number of nitrogens with one attached hydrogen (secondary N) is 2. The fourth-order valence-corrected chi connectivity index (χ4v) is 6.52. The van der Waals surface area contributed by atoms with E-state index in [1.807, 2.05) is 63.2 Å². The first-order chi connectivity index (χ1) is 17.7. The number of methoxy groups -OCH3 is 2. The fourth-order valence-electron chi connectivity index (χ4n) is 6.52. The van der Waals surface area contributed by atoms with E-state index in [0.717, 1.165) is 22.5 Å². The van der Waals surface area contributed by atoms with Gasteiger partial charge in [-0.3, -0.25) is 9.89 Å². The van der Waals surface area contributed by atoms with Crippen LogP contribution in [0.1, 0.15) is 44.7 Å². The van der Waals surface area contributed by atoms with Crippen LogP contribution in [0.3, 0.4) is 0 Å². The lowest BCUT2D eigenvalue weighted by atomic mass is 9.50. The van der Waals surface area contributed by atoms with E-state index in [1.165, 1.54) is 7.11 Å². The Morgan fingerprint density at radius 1 is 1.11 bits per heavy atom. The first kappa shape index (κ1) is 24.9. The Morgan fingerprint density at radius 3 is 2.51 bits per heavy atom. The average molecular weight is 507 g/mol. The molecule has 3 heterocycles. The van der Waals surface area contributed by atoms with Gasteiger partial charge in [-0.05, 0) is 56.9 Å². The molecule has 2 amide bonds. The molecule has 3 aliphatic heterocycles. The van der Waals surface area contributed by atoms with Crippen LogP contribution in [-0.2, 0) is 25.0 Å². The molecule has 0 unspecified atom stereocenters. The topological polar surface area (TPSA) is 101 Å². The van der Waals surface area contributed by atoms with Crippen LogP contribution in [0.25, 0.3) is 0 Å². The highest BCUT2D eigenvalue weighted by Gasteiger charge is 2.70. The average Bonchev–Trinajstić information content (AvgIpc) is 3.19. The van der Waals surface area contributed by atoms with E-state index >= 15 is 0 Å². The molecule has 0 saturated heterocycles. The van der Waals surface area contributed by atoms with Crippen molar-refractivity contribution in [2.75, 3.05) is 37.5 Å².